The van der Waals surface area contributed by atoms with Gasteiger partial charge in [0.05, 0.1) is 0 Å². The molecule has 57 valence electrons. The van der Waals surface area contributed by atoms with Crippen LogP contribution in [0, 0.1) is 13.8 Å². The third-order valence-corrected chi connectivity index (χ3v) is 2.82. The van der Waals surface area contributed by atoms with Gasteiger partial charge in [-0.1, -0.05) is 0 Å². The van der Waals surface area contributed by atoms with Gasteiger partial charge in [0.1, 0.15) is 0 Å². The zero-order chi connectivity index (χ0) is 8.43. The van der Waals surface area contributed by atoms with E-state index in [1.807, 2.05) is 38.9 Å². The first kappa shape index (κ1) is 8.67. The molecule has 1 nitrogen and oxygen atoms in total. The van der Waals surface area contributed by atoms with E-state index < -0.39 is 0 Å². The third-order valence-electron chi connectivity index (χ3n) is 1.78. The molecule has 0 saturated heterocycles. The number of carbonyl (C=O) groups excluding carboxylic acids is 1. The molecule has 0 unspecified atom stereocenters. The second-order valence-electron chi connectivity index (χ2n) is 2.58. The molecule has 0 amide bonds. The summed E-state index contributed by atoms with van der Waals surface area (Å²) in [5.41, 5.74) is 3.24. The maximum atomic E-state index is 10.4. The van der Waals surface area contributed by atoms with Crippen LogP contribution in [0.5, 0.6) is 0 Å². The van der Waals surface area contributed by atoms with E-state index in [4.69, 9.17) is 0 Å². The summed E-state index contributed by atoms with van der Waals surface area (Å²) in [7, 11) is 0. The Balaban J connectivity index is 3.31. The molecule has 0 heterocycles. The molecule has 0 aliphatic carbocycles. The summed E-state index contributed by atoms with van der Waals surface area (Å²) in [6, 6.07) is 3.83. The molecule has 1 aromatic carbocycles. The fraction of sp³-hybridized carbons (Fsp3) is 0.222. The zero-order valence-corrected chi connectivity index (χ0v) is 8.56. The van der Waals surface area contributed by atoms with E-state index in [0.29, 0.717) is 0 Å². The number of aryl methyl sites for hydroxylation is 1. The molecule has 0 saturated carbocycles. The monoisotopic (exact) mass is 231 g/mol. The Bertz CT molecular complexity index is 269. The molecule has 1 aromatic rings. The number of rotatable bonds is 1. The Kier molecular flexibility index (Phi) is 2.61. The first-order chi connectivity index (χ1) is 5.15. The van der Waals surface area contributed by atoms with Crippen LogP contribution >= 0.6 is 0 Å². The molecular formula is C9H9MoO. The predicted octanol–water partition coefficient (Wildman–Crippen LogP) is 1.29. The predicted molar refractivity (Wildman–Crippen MR) is 40.9 cm³/mol. The van der Waals surface area contributed by atoms with Crippen LogP contribution in [0.4, 0.5) is 0 Å². The number of benzene rings is 1. The number of hydrogen-bond donors (Lipinski definition) is 0. The van der Waals surface area contributed by atoms with Crippen molar-refractivity contribution in [3.63, 3.8) is 0 Å². The van der Waals surface area contributed by atoms with E-state index in [1.54, 1.807) is 0 Å². The summed E-state index contributed by atoms with van der Waals surface area (Å²) in [6.07, 6.45) is 0.890. The fourth-order valence-corrected chi connectivity index (χ4v) is 1.65. The Morgan fingerprint density at radius 1 is 1.36 bits per heavy atom. The summed E-state index contributed by atoms with van der Waals surface area (Å²) in [4.78, 5) is 10.4. The molecule has 1 rings (SSSR count). The van der Waals surface area contributed by atoms with Crippen molar-refractivity contribution in [2.24, 2.45) is 0 Å². The Morgan fingerprint density at radius 3 is 2.45 bits per heavy atom. The molecule has 0 aliphatic rings. The minimum absolute atomic E-state index is 0.772. The van der Waals surface area contributed by atoms with Gasteiger partial charge in [-0.15, -0.1) is 0 Å². The summed E-state index contributed by atoms with van der Waals surface area (Å²) in [5, 5.41) is 0. The number of hydrogen-bond acceptors (Lipinski definition) is 1. The first-order valence-electron chi connectivity index (χ1n) is 3.38. The van der Waals surface area contributed by atoms with Gasteiger partial charge in [-0.25, -0.2) is 0 Å². The van der Waals surface area contributed by atoms with E-state index in [2.05, 4.69) is 6.92 Å². The van der Waals surface area contributed by atoms with Crippen LogP contribution in [0.15, 0.2) is 12.1 Å². The van der Waals surface area contributed by atoms with Crippen LogP contribution in [0.2, 0.25) is 0 Å². The van der Waals surface area contributed by atoms with Crippen LogP contribution in [0.1, 0.15) is 21.5 Å². The summed E-state index contributed by atoms with van der Waals surface area (Å²) in [6.45, 7) is 4.10. The normalized spacial score (nSPS) is 9.64. The second-order valence-corrected chi connectivity index (χ2v) is 3.66. The van der Waals surface area contributed by atoms with E-state index >= 15 is 0 Å². The van der Waals surface area contributed by atoms with Gasteiger partial charge >= 0.3 is 77.5 Å². The van der Waals surface area contributed by atoms with Crippen LogP contribution in [-0.4, -0.2) is 6.29 Å². The topological polar surface area (TPSA) is 17.1 Å². The molecular weight excluding hydrogens is 220 g/mol. The summed E-state index contributed by atoms with van der Waals surface area (Å²) in [5.74, 6) is 0. The van der Waals surface area contributed by atoms with Crippen molar-refractivity contribution in [3.05, 3.63) is 28.8 Å². The van der Waals surface area contributed by atoms with E-state index in [9.17, 15) is 4.79 Å². The SMILES string of the molecule is Cc1cc(C=O)c[c]([Mo])c1C. The van der Waals surface area contributed by atoms with Gasteiger partial charge in [0, 0.05) is 0 Å². The van der Waals surface area contributed by atoms with Crippen LogP contribution in [0.25, 0.3) is 0 Å². The summed E-state index contributed by atoms with van der Waals surface area (Å²) < 4.78 is 1.20. The maximum absolute atomic E-state index is 10.4. The molecule has 11 heavy (non-hydrogen) atoms. The average Bonchev–Trinajstić information content (AvgIpc) is 1.99. The van der Waals surface area contributed by atoms with Crippen molar-refractivity contribution in [1.82, 2.24) is 0 Å². The fourth-order valence-electron chi connectivity index (χ4n) is 0.922. The van der Waals surface area contributed by atoms with Gasteiger partial charge in [-0.05, 0) is 0 Å². The second kappa shape index (κ2) is 3.32. The average molecular weight is 229 g/mol. The van der Waals surface area contributed by atoms with Crippen molar-refractivity contribution < 1.29 is 24.6 Å². The van der Waals surface area contributed by atoms with E-state index in [1.165, 1.54) is 15.1 Å². The molecule has 2 heteroatoms. The van der Waals surface area contributed by atoms with Crippen molar-refractivity contribution in [2.45, 2.75) is 13.8 Å². The first-order valence-corrected chi connectivity index (χ1v) is 4.39. The molecule has 0 fully saturated rings. The molecule has 0 radical (unpaired) electrons. The third kappa shape index (κ3) is 1.78. The van der Waals surface area contributed by atoms with Crippen LogP contribution in [-0.2, 0) is 19.8 Å². The Labute approximate surface area is 77.7 Å². The van der Waals surface area contributed by atoms with Gasteiger partial charge in [0.2, 0.25) is 0 Å². The minimum atomic E-state index is 0.772. The van der Waals surface area contributed by atoms with Crippen molar-refractivity contribution in [3.8, 4) is 0 Å². The van der Waals surface area contributed by atoms with Crippen LogP contribution in [0.3, 0.4) is 0 Å². The molecule has 0 aliphatic heterocycles. The van der Waals surface area contributed by atoms with Crippen molar-refractivity contribution >= 4 is 10.2 Å². The Hall–Kier alpha value is -0.422. The molecule has 0 bridgehead atoms. The van der Waals surface area contributed by atoms with Gasteiger partial charge in [-0.2, -0.15) is 0 Å². The molecule has 0 aromatic heterocycles. The number of aldehydes is 1. The van der Waals surface area contributed by atoms with Crippen molar-refractivity contribution in [2.75, 3.05) is 0 Å². The molecule has 0 spiro atoms. The standard InChI is InChI=1S/C9H9O.Mo/c1-7-3-4-9(6-10)5-8(7)2;/h4-6H,1-2H3;. The summed E-state index contributed by atoms with van der Waals surface area (Å²) >= 11 is 1.95. The molecule has 0 atom stereocenters. The zero-order valence-electron chi connectivity index (χ0n) is 6.55. The van der Waals surface area contributed by atoms with E-state index in [-0.39, 0.29) is 0 Å². The van der Waals surface area contributed by atoms with Gasteiger partial charge in [0.25, 0.3) is 0 Å². The van der Waals surface area contributed by atoms with Gasteiger partial charge in [-0.3, -0.25) is 0 Å². The van der Waals surface area contributed by atoms with Crippen LogP contribution < -0.4 is 3.95 Å². The van der Waals surface area contributed by atoms with Crippen molar-refractivity contribution in [1.29, 1.82) is 0 Å². The number of carbonyl (C=O) groups is 1. The van der Waals surface area contributed by atoms with Gasteiger partial charge < -0.3 is 0 Å². The van der Waals surface area contributed by atoms with Gasteiger partial charge in [0.15, 0.2) is 0 Å². The molecule has 0 N–H and O–H groups in total. The quantitative estimate of drug-likeness (QED) is 0.523. The Morgan fingerprint density at radius 2 is 2.00 bits per heavy atom. The van der Waals surface area contributed by atoms with E-state index in [0.717, 1.165) is 11.8 Å².